The smallest absolute Gasteiger partial charge is 0.322 e. The van der Waals surface area contributed by atoms with Crippen LogP contribution in [-0.4, -0.2) is 46.7 Å². The molecule has 0 radical (unpaired) electrons. The number of nitrogens with two attached hydrogens (primary N) is 1. The highest BCUT2D eigenvalue weighted by molar-refractivity contribution is 5.90. The summed E-state index contributed by atoms with van der Waals surface area (Å²) < 4.78 is 5.04. The second-order valence-electron chi connectivity index (χ2n) is 3.96. The highest BCUT2D eigenvalue weighted by Gasteiger charge is 2.21. The molecule has 3 N–H and O–H groups in total. The number of aryl methyl sites for hydroxylation is 1. The molecule has 7 nitrogen and oxygen atoms in total. The number of anilines is 1. The number of amides is 1. The molecule has 0 aliphatic carbocycles. The fourth-order valence-electron chi connectivity index (χ4n) is 1.72. The zero-order valence-corrected chi connectivity index (χ0v) is 9.14. The van der Waals surface area contributed by atoms with Crippen molar-refractivity contribution < 1.29 is 9.21 Å². The van der Waals surface area contributed by atoms with Gasteiger partial charge in [0, 0.05) is 26.1 Å². The largest absolute Gasteiger partial charge is 0.408 e. The van der Waals surface area contributed by atoms with Crippen LogP contribution in [0.4, 0.5) is 6.01 Å². The molecule has 2 heterocycles. The number of nitrogens with zero attached hydrogens (tertiary/aromatic N) is 3. The fraction of sp³-hybridized carbons (Fsp3) is 0.667. The monoisotopic (exact) mass is 225 g/mol. The van der Waals surface area contributed by atoms with E-state index in [2.05, 4.69) is 15.5 Å². The van der Waals surface area contributed by atoms with Crippen molar-refractivity contribution in [2.75, 3.05) is 25.0 Å². The van der Waals surface area contributed by atoms with Crippen molar-refractivity contribution >= 4 is 11.9 Å². The van der Waals surface area contributed by atoms with Crippen LogP contribution in [0.25, 0.3) is 0 Å². The van der Waals surface area contributed by atoms with Gasteiger partial charge in [0.1, 0.15) is 0 Å². The molecule has 7 heteroatoms. The van der Waals surface area contributed by atoms with Crippen LogP contribution in [0.1, 0.15) is 12.3 Å². The predicted octanol–water partition coefficient (Wildman–Crippen LogP) is -0.650. The summed E-state index contributed by atoms with van der Waals surface area (Å²) >= 11 is 0. The molecule has 1 amide bonds. The van der Waals surface area contributed by atoms with Gasteiger partial charge in [-0.05, 0) is 6.42 Å². The van der Waals surface area contributed by atoms with Gasteiger partial charge in [0.05, 0.1) is 6.54 Å². The van der Waals surface area contributed by atoms with Gasteiger partial charge < -0.3 is 10.2 Å². The van der Waals surface area contributed by atoms with Crippen molar-refractivity contribution in [3.05, 3.63) is 5.89 Å². The van der Waals surface area contributed by atoms with Gasteiger partial charge in [-0.25, -0.2) is 0 Å². The van der Waals surface area contributed by atoms with Gasteiger partial charge in [-0.1, -0.05) is 5.10 Å². The molecule has 0 saturated carbocycles. The van der Waals surface area contributed by atoms with E-state index in [9.17, 15) is 4.79 Å². The standard InChI is InChI=1S/C9H15N5O2/c1-6-12-13-9(16-6)11-8(15)5-14-3-2-7(10)4-14/h7H,2-5,10H2,1H3,(H,11,13,15). The van der Waals surface area contributed by atoms with Crippen LogP contribution in [-0.2, 0) is 4.79 Å². The van der Waals surface area contributed by atoms with Gasteiger partial charge in [-0.15, -0.1) is 5.10 Å². The SMILES string of the molecule is Cc1nnc(NC(=O)CN2CCC(N)C2)o1. The topological polar surface area (TPSA) is 97.3 Å². The van der Waals surface area contributed by atoms with E-state index in [-0.39, 0.29) is 18.0 Å². The summed E-state index contributed by atoms with van der Waals surface area (Å²) in [5, 5.41) is 9.84. The third-order valence-corrected chi connectivity index (χ3v) is 2.45. The lowest BCUT2D eigenvalue weighted by atomic mass is 10.3. The van der Waals surface area contributed by atoms with E-state index in [4.69, 9.17) is 10.2 Å². The van der Waals surface area contributed by atoms with Gasteiger partial charge in [0.2, 0.25) is 11.8 Å². The maximum Gasteiger partial charge on any atom is 0.322 e. The first-order chi connectivity index (χ1) is 7.63. The van der Waals surface area contributed by atoms with Crippen LogP contribution in [0.3, 0.4) is 0 Å². The van der Waals surface area contributed by atoms with Crippen molar-refractivity contribution in [2.45, 2.75) is 19.4 Å². The summed E-state index contributed by atoms with van der Waals surface area (Å²) in [6.45, 7) is 3.60. The number of nitrogens with one attached hydrogen (secondary N) is 1. The summed E-state index contributed by atoms with van der Waals surface area (Å²) in [6, 6.07) is 0.324. The molecule has 1 aliphatic heterocycles. The Morgan fingerprint density at radius 3 is 3.06 bits per heavy atom. The van der Waals surface area contributed by atoms with E-state index in [1.54, 1.807) is 6.92 Å². The number of hydrogen-bond acceptors (Lipinski definition) is 6. The molecule has 1 aromatic heterocycles. The molecule has 16 heavy (non-hydrogen) atoms. The number of rotatable bonds is 3. The Labute approximate surface area is 93.0 Å². The van der Waals surface area contributed by atoms with Crippen LogP contribution in [0, 0.1) is 6.92 Å². The third kappa shape index (κ3) is 2.77. The quantitative estimate of drug-likeness (QED) is 0.709. The second kappa shape index (κ2) is 4.58. The summed E-state index contributed by atoms with van der Waals surface area (Å²) in [7, 11) is 0. The van der Waals surface area contributed by atoms with Crippen LogP contribution in [0.5, 0.6) is 0 Å². The van der Waals surface area contributed by atoms with Crippen LogP contribution in [0.15, 0.2) is 4.42 Å². The molecular formula is C9H15N5O2. The maximum atomic E-state index is 11.6. The molecule has 1 unspecified atom stereocenters. The summed E-state index contributed by atoms with van der Waals surface area (Å²) in [4.78, 5) is 13.6. The van der Waals surface area contributed by atoms with Crippen molar-refractivity contribution in [3.63, 3.8) is 0 Å². The Hall–Kier alpha value is -1.47. The Morgan fingerprint density at radius 1 is 1.69 bits per heavy atom. The van der Waals surface area contributed by atoms with Crippen molar-refractivity contribution in [2.24, 2.45) is 5.73 Å². The van der Waals surface area contributed by atoms with Crippen molar-refractivity contribution in [3.8, 4) is 0 Å². The average Bonchev–Trinajstić information content (AvgIpc) is 2.76. The van der Waals surface area contributed by atoms with E-state index in [1.807, 2.05) is 4.90 Å². The summed E-state index contributed by atoms with van der Waals surface area (Å²) in [6.07, 6.45) is 0.937. The Kier molecular flexibility index (Phi) is 3.16. The molecule has 0 bridgehead atoms. The lowest BCUT2D eigenvalue weighted by Crippen LogP contribution is -2.33. The zero-order chi connectivity index (χ0) is 11.5. The molecule has 2 rings (SSSR count). The van der Waals surface area contributed by atoms with Gasteiger partial charge in [-0.2, -0.15) is 0 Å². The van der Waals surface area contributed by atoms with Crippen molar-refractivity contribution in [1.29, 1.82) is 0 Å². The first kappa shape index (κ1) is 11.0. The molecule has 1 aromatic rings. The molecule has 0 aromatic carbocycles. The van der Waals surface area contributed by atoms with Crippen LogP contribution < -0.4 is 11.1 Å². The molecule has 1 atom stereocenters. The Morgan fingerprint density at radius 2 is 2.50 bits per heavy atom. The first-order valence-electron chi connectivity index (χ1n) is 5.21. The highest BCUT2D eigenvalue weighted by atomic mass is 16.4. The van der Waals surface area contributed by atoms with E-state index in [0.29, 0.717) is 12.4 Å². The normalized spacial score (nSPS) is 21.2. The lowest BCUT2D eigenvalue weighted by molar-refractivity contribution is -0.117. The van der Waals surface area contributed by atoms with E-state index in [1.165, 1.54) is 0 Å². The van der Waals surface area contributed by atoms with Gasteiger partial charge in [0.25, 0.3) is 0 Å². The minimum absolute atomic E-state index is 0.144. The van der Waals surface area contributed by atoms with E-state index in [0.717, 1.165) is 19.5 Å². The molecular weight excluding hydrogens is 210 g/mol. The Bertz CT molecular complexity index is 378. The van der Waals surface area contributed by atoms with E-state index >= 15 is 0 Å². The van der Waals surface area contributed by atoms with Crippen LogP contribution in [0.2, 0.25) is 0 Å². The van der Waals surface area contributed by atoms with Gasteiger partial charge >= 0.3 is 6.01 Å². The lowest BCUT2D eigenvalue weighted by Gasteiger charge is -2.13. The second-order valence-corrected chi connectivity index (χ2v) is 3.96. The molecule has 1 aliphatic rings. The van der Waals surface area contributed by atoms with E-state index < -0.39 is 0 Å². The Balaban J connectivity index is 1.80. The van der Waals surface area contributed by atoms with Crippen molar-refractivity contribution in [1.82, 2.24) is 15.1 Å². The molecule has 1 saturated heterocycles. The average molecular weight is 225 g/mol. The molecule has 1 fully saturated rings. The van der Waals surface area contributed by atoms with Gasteiger partial charge in [0.15, 0.2) is 0 Å². The molecule has 88 valence electrons. The minimum Gasteiger partial charge on any atom is -0.408 e. The molecule has 0 spiro atoms. The van der Waals surface area contributed by atoms with Gasteiger partial charge in [-0.3, -0.25) is 15.0 Å². The maximum absolute atomic E-state index is 11.6. The van der Waals surface area contributed by atoms with Crippen LogP contribution >= 0.6 is 0 Å². The highest BCUT2D eigenvalue weighted by Crippen LogP contribution is 2.07. The summed E-state index contributed by atoms with van der Waals surface area (Å²) in [5.74, 6) is 0.274. The predicted molar refractivity (Wildman–Crippen MR) is 56.7 cm³/mol. The fourth-order valence-corrected chi connectivity index (χ4v) is 1.72. The number of likely N-dealkylation sites (tertiary alicyclic amines) is 1. The summed E-state index contributed by atoms with van der Waals surface area (Å²) in [5.41, 5.74) is 5.74. The first-order valence-corrected chi connectivity index (χ1v) is 5.21. The third-order valence-electron chi connectivity index (χ3n) is 2.45. The number of hydrogen-bond donors (Lipinski definition) is 2. The minimum atomic E-state index is -0.155. The number of carbonyl (C=O) groups is 1. The number of aromatic nitrogens is 2. The number of carbonyl (C=O) groups excluding carboxylic acids is 1. The zero-order valence-electron chi connectivity index (χ0n) is 9.14.